The van der Waals surface area contributed by atoms with E-state index < -0.39 is 0 Å². The Bertz CT molecular complexity index is 156. The lowest BCUT2D eigenvalue weighted by Gasteiger charge is -2.12. The maximum atomic E-state index is 8.64. The summed E-state index contributed by atoms with van der Waals surface area (Å²) < 4.78 is 0. The van der Waals surface area contributed by atoms with Crippen molar-refractivity contribution in [3.63, 3.8) is 0 Å². The Morgan fingerprint density at radius 1 is 1.70 bits per heavy atom. The minimum atomic E-state index is 0.284. The van der Waals surface area contributed by atoms with E-state index in [-0.39, 0.29) is 6.61 Å². The molecule has 0 radical (unpaired) electrons. The van der Waals surface area contributed by atoms with Crippen molar-refractivity contribution >= 4 is 0 Å². The highest BCUT2D eigenvalue weighted by molar-refractivity contribution is 5.19. The first-order chi connectivity index (χ1) is 4.83. The van der Waals surface area contributed by atoms with Gasteiger partial charge in [0.15, 0.2) is 0 Å². The van der Waals surface area contributed by atoms with Gasteiger partial charge in [0.05, 0.1) is 0 Å². The molecule has 1 rings (SSSR count). The quantitative estimate of drug-likeness (QED) is 0.617. The molecule has 0 saturated carbocycles. The number of hydrogen-bond donors (Lipinski definition) is 1. The fourth-order valence-electron chi connectivity index (χ4n) is 1.26. The second kappa shape index (κ2) is 3.57. The monoisotopic (exact) mass is 138 g/mol. The second-order valence-corrected chi connectivity index (χ2v) is 2.86. The van der Waals surface area contributed by atoms with Gasteiger partial charge in [-0.2, -0.15) is 0 Å². The van der Waals surface area contributed by atoms with E-state index >= 15 is 0 Å². The van der Waals surface area contributed by atoms with Crippen molar-refractivity contribution in [1.29, 1.82) is 0 Å². The molecule has 0 spiro atoms. The van der Waals surface area contributed by atoms with Crippen LogP contribution in [-0.4, -0.2) is 11.7 Å². The van der Waals surface area contributed by atoms with Gasteiger partial charge in [0.2, 0.25) is 0 Å². The summed E-state index contributed by atoms with van der Waals surface area (Å²) in [6, 6.07) is 0. The second-order valence-electron chi connectivity index (χ2n) is 2.86. The molecule has 1 nitrogen and oxygen atoms in total. The lowest BCUT2D eigenvalue weighted by Crippen LogP contribution is -1.98. The molecule has 10 heavy (non-hydrogen) atoms. The van der Waals surface area contributed by atoms with Gasteiger partial charge >= 0.3 is 0 Å². The van der Waals surface area contributed by atoms with Crippen molar-refractivity contribution in [2.75, 3.05) is 6.61 Å². The molecule has 0 bridgehead atoms. The minimum absolute atomic E-state index is 0.284. The largest absolute Gasteiger partial charge is 0.396 e. The number of rotatable bonds is 2. The van der Waals surface area contributed by atoms with Gasteiger partial charge in [-0.3, -0.25) is 0 Å². The highest BCUT2D eigenvalue weighted by atomic mass is 16.2. The Kier molecular flexibility index (Phi) is 2.69. The molecule has 1 N–H and O–H groups in total. The Morgan fingerprint density at radius 2 is 2.50 bits per heavy atom. The molecule has 0 amide bonds. The van der Waals surface area contributed by atoms with Gasteiger partial charge in [-0.25, -0.2) is 0 Å². The van der Waals surface area contributed by atoms with Crippen LogP contribution < -0.4 is 0 Å². The molecule has 1 heteroatoms. The van der Waals surface area contributed by atoms with E-state index in [1.54, 1.807) is 0 Å². The summed E-state index contributed by atoms with van der Waals surface area (Å²) in [7, 11) is 0. The van der Waals surface area contributed by atoms with Crippen LogP contribution in [0.25, 0.3) is 0 Å². The van der Waals surface area contributed by atoms with Crippen LogP contribution in [0.1, 0.15) is 19.8 Å². The van der Waals surface area contributed by atoms with Gasteiger partial charge in [0, 0.05) is 6.61 Å². The first-order valence-corrected chi connectivity index (χ1v) is 3.80. The summed E-state index contributed by atoms with van der Waals surface area (Å²) in [6.45, 7) is 2.48. The number of aliphatic hydroxyl groups is 1. The summed E-state index contributed by atoms with van der Waals surface area (Å²) in [5.41, 5.74) is 1.37. The summed E-state index contributed by atoms with van der Waals surface area (Å²) in [5.74, 6) is 0.659. The summed E-state index contributed by atoms with van der Waals surface area (Å²) in [6.07, 6.45) is 8.35. The zero-order valence-corrected chi connectivity index (χ0v) is 6.38. The van der Waals surface area contributed by atoms with Crippen LogP contribution in [0.15, 0.2) is 23.8 Å². The number of hydrogen-bond acceptors (Lipinski definition) is 1. The standard InChI is InChI=1S/C9H14O/c1-8-3-2-4-9(7-8)5-6-10/h2-4,8,10H,5-7H2,1H3. The van der Waals surface area contributed by atoms with Crippen LogP contribution in [0.3, 0.4) is 0 Å². The Balaban J connectivity index is 2.45. The van der Waals surface area contributed by atoms with Crippen LogP contribution >= 0.6 is 0 Å². The molecule has 0 heterocycles. The van der Waals surface area contributed by atoms with Crippen molar-refractivity contribution in [2.24, 2.45) is 5.92 Å². The van der Waals surface area contributed by atoms with E-state index in [0.717, 1.165) is 12.8 Å². The van der Waals surface area contributed by atoms with Crippen LogP contribution in [0.2, 0.25) is 0 Å². The molecule has 1 aliphatic rings. The predicted molar refractivity (Wildman–Crippen MR) is 42.7 cm³/mol. The maximum Gasteiger partial charge on any atom is 0.0468 e. The van der Waals surface area contributed by atoms with Crippen molar-refractivity contribution in [2.45, 2.75) is 19.8 Å². The van der Waals surface area contributed by atoms with Crippen molar-refractivity contribution < 1.29 is 5.11 Å². The van der Waals surface area contributed by atoms with E-state index in [4.69, 9.17) is 5.11 Å². The Hall–Kier alpha value is -0.560. The van der Waals surface area contributed by atoms with Crippen LogP contribution in [-0.2, 0) is 0 Å². The van der Waals surface area contributed by atoms with Crippen LogP contribution in [0.4, 0.5) is 0 Å². The molecule has 1 atom stereocenters. The van der Waals surface area contributed by atoms with Gasteiger partial charge < -0.3 is 5.11 Å². The zero-order chi connectivity index (χ0) is 7.40. The molecule has 0 aliphatic heterocycles. The Morgan fingerprint density at radius 3 is 3.10 bits per heavy atom. The molecule has 0 fully saturated rings. The molecular formula is C9H14O. The first-order valence-electron chi connectivity index (χ1n) is 3.80. The molecule has 0 saturated heterocycles. The highest BCUT2D eigenvalue weighted by Gasteiger charge is 2.04. The molecule has 0 aromatic heterocycles. The predicted octanol–water partition coefficient (Wildman–Crippen LogP) is 1.89. The van der Waals surface area contributed by atoms with E-state index in [1.807, 2.05) is 0 Å². The van der Waals surface area contributed by atoms with Gasteiger partial charge in [-0.05, 0) is 18.8 Å². The minimum Gasteiger partial charge on any atom is -0.396 e. The SMILES string of the molecule is CC1C=CC=C(CCO)C1. The summed E-state index contributed by atoms with van der Waals surface area (Å²) in [4.78, 5) is 0. The van der Waals surface area contributed by atoms with Crippen LogP contribution in [0.5, 0.6) is 0 Å². The number of allylic oxidation sites excluding steroid dienone is 3. The molecule has 1 aliphatic carbocycles. The normalized spacial score (nSPS) is 24.6. The Labute approximate surface area is 62.1 Å². The maximum absolute atomic E-state index is 8.64. The number of aliphatic hydroxyl groups excluding tert-OH is 1. The smallest absolute Gasteiger partial charge is 0.0468 e. The first kappa shape index (κ1) is 7.55. The van der Waals surface area contributed by atoms with E-state index in [9.17, 15) is 0 Å². The average molecular weight is 138 g/mol. The third kappa shape index (κ3) is 1.99. The topological polar surface area (TPSA) is 20.2 Å². The molecular weight excluding hydrogens is 124 g/mol. The van der Waals surface area contributed by atoms with Gasteiger partial charge in [0.25, 0.3) is 0 Å². The fraction of sp³-hybridized carbons (Fsp3) is 0.556. The van der Waals surface area contributed by atoms with E-state index in [1.165, 1.54) is 5.57 Å². The summed E-state index contributed by atoms with van der Waals surface area (Å²) >= 11 is 0. The molecule has 0 aromatic rings. The lowest BCUT2D eigenvalue weighted by molar-refractivity contribution is 0.297. The lowest BCUT2D eigenvalue weighted by atomic mass is 9.94. The third-order valence-electron chi connectivity index (χ3n) is 1.79. The van der Waals surface area contributed by atoms with Crippen molar-refractivity contribution in [3.05, 3.63) is 23.8 Å². The molecule has 56 valence electrons. The van der Waals surface area contributed by atoms with E-state index in [2.05, 4.69) is 25.2 Å². The molecule has 1 unspecified atom stereocenters. The highest BCUT2D eigenvalue weighted by Crippen LogP contribution is 2.19. The van der Waals surface area contributed by atoms with Crippen molar-refractivity contribution in [3.8, 4) is 0 Å². The van der Waals surface area contributed by atoms with Crippen molar-refractivity contribution in [1.82, 2.24) is 0 Å². The third-order valence-corrected chi connectivity index (χ3v) is 1.79. The van der Waals surface area contributed by atoms with Crippen LogP contribution in [0, 0.1) is 5.92 Å². The van der Waals surface area contributed by atoms with E-state index in [0.29, 0.717) is 5.92 Å². The molecule has 0 aromatic carbocycles. The zero-order valence-electron chi connectivity index (χ0n) is 6.38. The van der Waals surface area contributed by atoms with Gasteiger partial charge in [-0.15, -0.1) is 0 Å². The van der Waals surface area contributed by atoms with Gasteiger partial charge in [-0.1, -0.05) is 30.7 Å². The summed E-state index contributed by atoms with van der Waals surface area (Å²) in [5, 5.41) is 8.64. The fourth-order valence-corrected chi connectivity index (χ4v) is 1.26. The van der Waals surface area contributed by atoms with Gasteiger partial charge in [0.1, 0.15) is 0 Å². The average Bonchev–Trinajstić information content (AvgIpc) is 1.88.